The lowest BCUT2D eigenvalue weighted by Crippen LogP contribution is -2.18. The summed E-state index contributed by atoms with van der Waals surface area (Å²) >= 11 is 0. The first-order valence-corrected chi connectivity index (χ1v) is 6.71. The van der Waals surface area contributed by atoms with Crippen molar-refractivity contribution < 1.29 is 19.5 Å². The van der Waals surface area contributed by atoms with Crippen molar-refractivity contribution in [3.05, 3.63) is 54.5 Å². The van der Waals surface area contributed by atoms with E-state index in [1.54, 1.807) is 48.2 Å². The maximum Gasteiger partial charge on any atom is 0.276 e. The SMILES string of the molecule is COc1cc2cc(C(=O)NO)cnc2cc1Oc1ccncc1. The smallest absolute Gasteiger partial charge is 0.276 e. The monoisotopic (exact) mass is 311 g/mol. The number of nitrogens with zero attached hydrogens (tertiary/aromatic N) is 2. The Labute approximate surface area is 131 Å². The van der Waals surface area contributed by atoms with E-state index in [9.17, 15) is 4.79 Å². The van der Waals surface area contributed by atoms with Crippen LogP contribution in [0.25, 0.3) is 10.9 Å². The van der Waals surface area contributed by atoms with Crippen LogP contribution in [0.2, 0.25) is 0 Å². The van der Waals surface area contributed by atoms with Gasteiger partial charge in [0, 0.05) is 30.0 Å². The molecule has 3 aromatic rings. The fraction of sp³-hybridized carbons (Fsp3) is 0.0625. The summed E-state index contributed by atoms with van der Waals surface area (Å²) in [6, 6.07) is 8.49. The average Bonchev–Trinajstić information content (AvgIpc) is 2.61. The normalized spacial score (nSPS) is 10.3. The van der Waals surface area contributed by atoms with Gasteiger partial charge >= 0.3 is 0 Å². The van der Waals surface area contributed by atoms with Crippen LogP contribution in [0.5, 0.6) is 17.2 Å². The van der Waals surface area contributed by atoms with E-state index >= 15 is 0 Å². The molecule has 2 N–H and O–H groups in total. The highest BCUT2D eigenvalue weighted by Crippen LogP contribution is 2.34. The summed E-state index contributed by atoms with van der Waals surface area (Å²) in [7, 11) is 1.53. The Morgan fingerprint density at radius 2 is 1.96 bits per heavy atom. The van der Waals surface area contributed by atoms with Gasteiger partial charge in [-0.15, -0.1) is 0 Å². The number of pyridine rings is 2. The van der Waals surface area contributed by atoms with Crippen molar-refractivity contribution in [1.29, 1.82) is 0 Å². The molecule has 2 aromatic heterocycles. The largest absolute Gasteiger partial charge is 0.493 e. The highest BCUT2D eigenvalue weighted by Gasteiger charge is 2.11. The standard InChI is InChI=1S/C16H13N3O4/c1-22-14-7-10-6-11(16(20)19-21)9-18-13(10)8-15(14)23-12-2-4-17-5-3-12/h2-9,21H,1H3,(H,19,20). The Hall–Kier alpha value is -3.19. The quantitative estimate of drug-likeness (QED) is 0.568. The zero-order valence-electron chi connectivity index (χ0n) is 12.2. The molecule has 7 nitrogen and oxygen atoms in total. The number of amides is 1. The minimum atomic E-state index is -0.629. The van der Waals surface area contributed by atoms with Crippen molar-refractivity contribution in [1.82, 2.24) is 15.4 Å². The van der Waals surface area contributed by atoms with E-state index in [0.29, 0.717) is 28.2 Å². The summed E-state index contributed by atoms with van der Waals surface area (Å²) < 4.78 is 11.1. The van der Waals surface area contributed by atoms with E-state index in [2.05, 4.69) is 9.97 Å². The summed E-state index contributed by atoms with van der Waals surface area (Å²) in [6.45, 7) is 0. The Balaban J connectivity index is 2.04. The van der Waals surface area contributed by atoms with Gasteiger partial charge in [-0.1, -0.05) is 0 Å². The molecule has 0 saturated carbocycles. The predicted octanol–water partition coefficient (Wildman–Crippen LogP) is 2.55. The Morgan fingerprint density at radius 1 is 1.17 bits per heavy atom. The van der Waals surface area contributed by atoms with Crippen LogP contribution in [0, 0.1) is 0 Å². The predicted molar refractivity (Wildman–Crippen MR) is 81.9 cm³/mol. The topological polar surface area (TPSA) is 93.6 Å². The summed E-state index contributed by atoms with van der Waals surface area (Å²) in [5, 5.41) is 9.38. The van der Waals surface area contributed by atoms with Gasteiger partial charge in [-0.2, -0.15) is 0 Å². The molecule has 116 valence electrons. The Kier molecular flexibility index (Phi) is 4.03. The molecule has 0 bridgehead atoms. The zero-order valence-corrected chi connectivity index (χ0v) is 12.2. The number of carbonyl (C=O) groups excluding carboxylic acids is 1. The van der Waals surface area contributed by atoms with Crippen LogP contribution < -0.4 is 15.0 Å². The molecule has 0 spiro atoms. The first-order valence-electron chi connectivity index (χ1n) is 6.71. The highest BCUT2D eigenvalue weighted by molar-refractivity contribution is 5.97. The summed E-state index contributed by atoms with van der Waals surface area (Å²) in [4.78, 5) is 19.6. The summed E-state index contributed by atoms with van der Waals surface area (Å²) in [5.74, 6) is 0.986. The third-order valence-electron chi connectivity index (χ3n) is 3.21. The molecule has 2 heterocycles. The fourth-order valence-corrected chi connectivity index (χ4v) is 2.10. The van der Waals surface area contributed by atoms with E-state index in [1.807, 2.05) is 0 Å². The molecular formula is C16H13N3O4. The van der Waals surface area contributed by atoms with Crippen LogP contribution in [0.3, 0.4) is 0 Å². The van der Waals surface area contributed by atoms with Crippen molar-refractivity contribution in [3.8, 4) is 17.2 Å². The second-order valence-electron chi connectivity index (χ2n) is 4.65. The molecule has 0 aliphatic rings. The van der Waals surface area contributed by atoms with Crippen molar-refractivity contribution in [2.45, 2.75) is 0 Å². The summed E-state index contributed by atoms with van der Waals surface area (Å²) in [5.41, 5.74) is 2.45. The molecule has 0 saturated heterocycles. The number of benzene rings is 1. The third-order valence-corrected chi connectivity index (χ3v) is 3.21. The van der Waals surface area contributed by atoms with Gasteiger partial charge < -0.3 is 9.47 Å². The maximum atomic E-state index is 11.5. The minimum Gasteiger partial charge on any atom is -0.493 e. The number of ether oxygens (including phenoxy) is 2. The first-order chi connectivity index (χ1) is 11.2. The van der Waals surface area contributed by atoms with Crippen LogP contribution in [0.15, 0.2) is 48.9 Å². The third kappa shape index (κ3) is 3.04. The number of methoxy groups -OCH3 is 1. The van der Waals surface area contributed by atoms with Crippen molar-refractivity contribution >= 4 is 16.8 Å². The average molecular weight is 311 g/mol. The molecule has 0 aliphatic carbocycles. The number of carbonyl (C=O) groups is 1. The van der Waals surface area contributed by atoms with Gasteiger partial charge in [0.2, 0.25) is 0 Å². The van der Waals surface area contributed by atoms with Gasteiger partial charge in [0.05, 0.1) is 18.2 Å². The van der Waals surface area contributed by atoms with Crippen molar-refractivity contribution in [3.63, 3.8) is 0 Å². The van der Waals surface area contributed by atoms with Gasteiger partial charge in [-0.05, 0) is 24.3 Å². The van der Waals surface area contributed by atoms with Gasteiger partial charge in [0.15, 0.2) is 11.5 Å². The number of hydrogen-bond acceptors (Lipinski definition) is 6. The van der Waals surface area contributed by atoms with Crippen molar-refractivity contribution in [2.75, 3.05) is 7.11 Å². The van der Waals surface area contributed by atoms with E-state index in [-0.39, 0.29) is 5.56 Å². The molecule has 0 fully saturated rings. The molecule has 0 atom stereocenters. The number of fused-ring (bicyclic) bond motifs is 1. The second kappa shape index (κ2) is 6.29. The Bertz CT molecular complexity index is 853. The van der Waals surface area contributed by atoms with E-state index < -0.39 is 5.91 Å². The minimum absolute atomic E-state index is 0.241. The maximum absolute atomic E-state index is 11.5. The van der Waals surface area contributed by atoms with E-state index in [1.165, 1.54) is 13.3 Å². The lowest BCUT2D eigenvalue weighted by atomic mass is 10.1. The Morgan fingerprint density at radius 3 is 2.65 bits per heavy atom. The van der Waals surface area contributed by atoms with Gasteiger partial charge in [-0.3, -0.25) is 20.0 Å². The number of nitrogens with one attached hydrogen (secondary N) is 1. The lowest BCUT2D eigenvalue weighted by molar-refractivity contribution is 0.0706. The molecular weight excluding hydrogens is 298 g/mol. The van der Waals surface area contributed by atoms with Crippen LogP contribution in [-0.4, -0.2) is 28.2 Å². The van der Waals surface area contributed by atoms with Crippen LogP contribution in [0.1, 0.15) is 10.4 Å². The van der Waals surface area contributed by atoms with E-state index in [0.717, 1.165) is 0 Å². The van der Waals surface area contributed by atoms with Crippen LogP contribution in [0.4, 0.5) is 0 Å². The molecule has 0 unspecified atom stereocenters. The number of rotatable bonds is 4. The molecule has 23 heavy (non-hydrogen) atoms. The molecule has 0 aliphatic heterocycles. The number of hydrogen-bond donors (Lipinski definition) is 2. The molecule has 7 heteroatoms. The lowest BCUT2D eigenvalue weighted by Gasteiger charge is -2.11. The first kappa shape index (κ1) is 14.7. The van der Waals surface area contributed by atoms with Crippen LogP contribution in [-0.2, 0) is 0 Å². The molecule has 0 radical (unpaired) electrons. The van der Waals surface area contributed by atoms with E-state index in [4.69, 9.17) is 14.7 Å². The molecule has 3 rings (SSSR count). The number of aromatic nitrogens is 2. The summed E-state index contributed by atoms with van der Waals surface area (Å²) in [6.07, 6.45) is 4.62. The zero-order chi connectivity index (χ0) is 16.2. The van der Waals surface area contributed by atoms with Crippen LogP contribution >= 0.6 is 0 Å². The highest BCUT2D eigenvalue weighted by atomic mass is 16.5. The second-order valence-corrected chi connectivity index (χ2v) is 4.65. The van der Waals surface area contributed by atoms with Gasteiger partial charge in [0.1, 0.15) is 5.75 Å². The fourth-order valence-electron chi connectivity index (χ4n) is 2.10. The number of hydroxylamine groups is 1. The van der Waals surface area contributed by atoms with Gasteiger partial charge in [0.25, 0.3) is 5.91 Å². The molecule has 1 amide bonds. The van der Waals surface area contributed by atoms with Gasteiger partial charge in [-0.25, -0.2) is 5.48 Å². The molecule has 1 aromatic carbocycles. The van der Waals surface area contributed by atoms with Crippen molar-refractivity contribution in [2.24, 2.45) is 0 Å².